The maximum absolute atomic E-state index is 12.4. The van der Waals surface area contributed by atoms with Crippen LogP contribution in [0.5, 0.6) is 0 Å². The van der Waals surface area contributed by atoms with E-state index >= 15 is 0 Å². The zero-order valence-corrected chi connectivity index (χ0v) is 28.5. The number of aliphatic hydroxyl groups is 1. The average molecular weight is 657 g/mol. The summed E-state index contributed by atoms with van der Waals surface area (Å²) in [5.74, 6) is 0.140. The smallest absolute Gasteiger partial charge is 0.220 e. The van der Waals surface area contributed by atoms with Gasteiger partial charge in [0.15, 0.2) is 6.29 Å². The number of piperazine rings is 1. The third-order valence-electron chi connectivity index (χ3n) is 9.47. The molecule has 0 saturated carbocycles. The van der Waals surface area contributed by atoms with Gasteiger partial charge in [-0.3, -0.25) is 19.4 Å². The molecule has 48 heavy (non-hydrogen) atoms. The second-order valence-electron chi connectivity index (χ2n) is 13.2. The number of ether oxygens (including phenoxy) is 2. The number of amides is 2. The molecule has 0 radical (unpaired) electrons. The van der Waals surface area contributed by atoms with E-state index in [9.17, 15) is 14.7 Å². The highest BCUT2D eigenvalue weighted by molar-refractivity contribution is 5.75. The Morgan fingerprint density at radius 1 is 0.771 bits per heavy atom. The lowest BCUT2D eigenvalue weighted by molar-refractivity contribution is -0.276. The Morgan fingerprint density at radius 2 is 1.44 bits per heavy atom. The molecule has 9 nitrogen and oxygen atoms in total. The Bertz CT molecular complexity index is 1410. The number of hydrogen-bond donors (Lipinski definition) is 3. The highest BCUT2D eigenvalue weighted by Gasteiger charge is 2.39. The van der Waals surface area contributed by atoms with Crippen LogP contribution in [-0.4, -0.2) is 72.1 Å². The molecule has 4 atom stereocenters. The minimum Gasteiger partial charge on any atom is -0.392 e. The van der Waals surface area contributed by atoms with E-state index in [2.05, 4.69) is 69.8 Å². The number of nitrogens with zero attached hydrogens (tertiary/aromatic N) is 2. The van der Waals surface area contributed by atoms with Gasteiger partial charge in [0.2, 0.25) is 11.8 Å². The third kappa shape index (κ3) is 10.7. The van der Waals surface area contributed by atoms with Crippen LogP contribution in [0.1, 0.15) is 79.7 Å². The molecular weight excluding hydrogens is 604 g/mol. The topological polar surface area (TPSA) is 103 Å². The largest absolute Gasteiger partial charge is 0.392 e. The molecule has 0 spiro atoms. The van der Waals surface area contributed by atoms with E-state index in [1.165, 1.54) is 12.5 Å². The van der Waals surface area contributed by atoms with Gasteiger partial charge >= 0.3 is 0 Å². The van der Waals surface area contributed by atoms with E-state index in [1.807, 2.05) is 36.4 Å². The molecule has 2 aliphatic heterocycles. The van der Waals surface area contributed by atoms with E-state index in [1.54, 1.807) is 0 Å². The van der Waals surface area contributed by atoms with E-state index in [-0.39, 0.29) is 36.5 Å². The summed E-state index contributed by atoms with van der Waals surface area (Å²) >= 11 is 0. The van der Waals surface area contributed by atoms with Crippen molar-refractivity contribution in [3.63, 3.8) is 0 Å². The van der Waals surface area contributed by atoms with Crippen molar-refractivity contribution in [2.24, 2.45) is 5.92 Å². The van der Waals surface area contributed by atoms with Gasteiger partial charge in [0.25, 0.3) is 0 Å². The molecule has 2 amide bonds. The number of rotatable bonds is 15. The molecular formula is C39H52N4O5. The standard InChI is InChI=1S/C39H52N4O5/c1-29-36(27-43-23-21-42(22-24-43)26-32-9-5-3-6-10-32)47-39(48-38(29)34-16-14-33(28-44)15-17-34)35-18-12-31(13-19-35)25-41-37(46)11-7-4-8-20-40-30(2)45/h3,5-6,9-10,12-19,29,36,38-39,44H,4,7-8,11,20-28H2,1-2H3,(H,40,45)(H,41,46)/t29-,36+,38+,39+/m0/s1. The molecule has 0 aromatic heterocycles. The summed E-state index contributed by atoms with van der Waals surface area (Å²) in [6, 6.07) is 26.8. The zero-order chi connectivity index (χ0) is 33.7. The molecule has 0 unspecified atom stereocenters. The number of aliphatic hydroxyl groups excluding tert-OH is 1. The first-order chi connectivity index (χ1) is 23.4. The number of hydrogen-bond acceptors (Lipinski definition) is 7. The van der Waals surface area contributed by atoms with Crippen LogP contribution in [0, 0.1) is 5.92 Å². The van der Waals surface area contributed by atoms with Crippen molar-refractivity contribution < 1.29 is 24.2 Å². The molecule has 5 rings (SSSR count). The molecule has 3 aromatic rings. The Balaban J connectivity index is 1.17. The Labute approximate surface area is 285 Å². The molecule has 9 heteroatoms. The summed E-state index contributed by atoms with van der Waals surface area (Å²) in [5, 5.41) is 15.4. The second kappa shape index (κ2) is 18.2. The van der Waals surface area contributed by atoms with Gasteiger partial charge in [-0.25, -0.2) is 0 Å². The molecule has 2 fully saturated rings. The quantitative estimate of drug-likeness (QED) is 0.196. The Kier molecular flexibility index (Phi) is 13.6. The van der Waals surface area contributed by atoms with Gasteiger partial charge in [-0.05, 0) is 35.1 Å². The van der Waals surface area contributed by atoms with Crippen molar-refractivity contribution in [3.05, 3.63) is 107 Å². The summed E-state index contributed by atoms with van der Waals surface area (Å²) in [6.07, 6.45) is 2.36. The highest BCUT2D eigenvalue weighted by atomic mass is 16.7. The summed E-state index contributed by atoms with van der Waals surface area (Å²) in [7, 11) is 0. The van der Waals surface area contributed by atoms with Gasteiger partial charge in [0.1, 0.15) is 0 Å². The fourth-order valence-corrected chi connectivity index (χ4v) is 6.49. The number of carbonyl (C=O) groups is 2. The Morgan fingerprint density at radius 3 is 2.12 bits per heavy atom. The number of unbranched alkanes of at least 4 members (excludes halogenated alkanes) is 2. The SMILES string of the molecule is CC(=O)NCCCCCC(=O)NCc1ccc([C@@H]2O[C@H](CN3CCN(Cc4ccccc4)CC3)[C@H](C)[C@H](c3ccc(CO)cc3)O2)cc1. The predicted octanol–water partition coefficient (Wildman–Crippen LogP) is 5.10. The van der Waals surface area contributed by atoms with Crippen LogP contribution in [0.15, 0.2) is 78.9 Å². The normalized spacial score (nSPS) is 21.9. The highest BCUT2D eigenvalue weighted by Crippen LogP contribution is 2.42. The minimum atomic E-state index is -0.519. The van der Waals surface area contributed by atoms with Crippen molar-refractivity contribution in [3.8, 4) is 0 Å². The van der Waals surface area contributed by atoms with Crippen molar-refractivity contribution in [2.45, 2.75) is 77.7 Å². The lowest BCUT2D eigenvalue weighted by Crippen LogP contribution is -2.51. The molecule has 3 aromatic carbocycles. The maximum Gasteiger partial charge on any atom is 0.220 e. The first-order valence-electron chi connectivity index (χ1n) is 17.5. The number of benzene rings is 3. The Hall–Kier alpha value is -3.60. The fourth-order valence-electron chi connectivity index (χ4n) is 6.49. The fraction of sp³-hybridized carbons (Fsp3) is 0.487. The van der Waals surface area contributed by atoms with E-state index in [0.29, 0.717) is 19.5 Å². The third-order valence-corrected chi connectivity index (χ3v) is 9.47. The van der Waals surface area contributed by atoms with E-state index in [0.717, 1.165) is 80.8 Å². The van der Waals surface area contributed by atoms with Gasteiger partial charge in [-0.1, -0.05) is 92.2 Å². The number of nitrogens with one attached hydrogen (secondary N) is 2. The molecule has 2 heterocycles. The van der Waals surface area contributed by atoms with Crippen LogP contribution in [-0.2, 0) is 38.8 Å². The lowest BCUT2D eigenvalue weighted by Gasteiger charge is -2.44. The van der Waals surface area contributed by atoms with Crippen LogP contribution in [0.3, 0.4) is 0 Å². The molecule has 3 N–H and O–H groups in total. The monoisotopic (exact) mass is 656 g/mol. The van der Waals surface area contributed by atoms with Gasteiger partial charge in [-0.2, -0.15) is 0 Å². The summed E-state index contributed by atoms with van der Waals surface area (Å²) in [4.78, 5) is 28.4. The molecule has 0 bridgehead atoms. The minimum absolute atomic E-state index is 0.0126. The number of carbonyl (C=O) groups excluding carboxylic acids is 2. The van der Waals surface area contributed by atoms with Crippen LogP contribution >= 0.6 is 0 Å². The summed E-state index contributed by atoms with van der Waals surface area (Å²) < 4.78 is 13.4. The van der Waals surface area contributed by atoms with Crippen LogP contribution < -0.4 is 10.6 Å². The van der Waals surface area contributed by atoms with Gasteiger partial charge in [0, 0.05) is 77.2 Å². The van der Waals surface area contributed by atoms with E-state index in [4.69, 9.17) is 9.47 Å². The van der Waals surface area contributed by atoms with E-state index < -0.39 is 6.29 Å². The average Bonchev–Trinajstić information content (AvgIpc) is 3.11. The first-order valence-corrected chi connectivity index (χ1v) is 17.5. The first kappa shape index (κ1) is 35.7. The van der Waals surface area contributed by atoms with Crippen LogP contribution in [0.25, 0.3) is 0 Å². The zero-order valence-electron chi connectivity index (χ0n) is 28.5. The van der Waals surface area contributed by atoms with Crippen molar-refractivity contribution in [1.82, 2.24) is 20.4 Å². The van der Waals surface area contributed by atoms with Crippen molar-refractivity contribution in [2.75, 3.05) is 39.3 Å². The predicted molar refractivity (Wildman–Crippen MR) is 187 cm³/mol. The molecule has 2 aliphatic rings. The van der Waals surface area contributed by atoms with Gasteiger partial charge < -0.3 is 25.2 Å². The van der Waals surface area contributed by atoms with Crippen LogP contribution in [0.4, 0.5) is 0 Å². The van der Waals surface area contributed by atoms with Gasteiger partial charge in [-0.15, -0.1) is 0 Å². The maximum atomic E-state index is 12.4. The second-order valence-corrected chi connectivity index (χ2v) is 13.2. The molecule has 258 valence electrons. The van der Waals surface area contributed by atoms with Crippen LogP contribution in [0.2, 0.25) is 0 Å². The molecule has 0 aliphatic carbocycles. The summed E-state index contributed by atoms with van der Waals surface area (Å²) in [5.41, 5.74) is 5.28. The summed E-state index contributed by atoms with van der Waals surface area (Å²) in [6.45, 7) is 10.7. The van der Waals surface area contributed by atoms with Crippen molar-refractivity contribution >= 4 is 11.8 Å². The van der Waals surface area contributed by atoms with Gasteiger partial charge in [0.05, 0.1) is 18.8 Å². The van der Waals surface area contributed by atoms with Crippen molar-refractivity contribution in [1.29, 1.82) is 0 Å². The lowest BCUT2D eigenvalue weighted by atomic mass is 9.90. The molecule has 2 saturated heterocycles.